The zero-order valence-electron chi connectivity index (χ0n) is 9.04. The van der Waals surface area contributed by atoms with E-state index in [-0.39, 0.29) is 11.8 Å². The molecule has 1 aromatic heterocycles. The lowest BCUT2D eigenvalue weighted by Gasteiger charge is -2.04. The Morgan fingerprint density at radius 2 is 1.94 bits per heavy atom. The Bertz CT molecular complexity index is 491. The van der Waals surface area contributed by atoms with Gasteiger partial charge >= 0.3 is 11.8 Å². The van der Waals surface area contributed by atoms with Crippen molar-refractivity contribution in [3.05, 3.63) is 36.2 Å². The highest BCUT2D eigenvalue weighted by Crippen LogP contribution is 2.14. The molecular weight excluding hydrogens is 206 g/mol. The van der Waals surface area contributed by atoms with E-state index in [4.69, 9.17) is 4.52 Å². The van der Waals surface area contributed by atoms with Gasteiger partial charge < -0.3 is 9.42 Å². The van der Waals surface area contributed by atoms with Crippen molar-refractivity contribution in [3.63, 3.8) is 0 Å². The highest BCUT2D eigenvalue weighted by molar-refractivity contribution is 5.89. The molecule has 0 radical (unpaired) electrons. The zero-order valence-corrected chi connectivity index (χ0v) is 9.04. The summed E-state index contributed by atoms with van der Waals surface area (Å²) in [5.41, 5.74) is 0.823. The lowest BCUT2D eigenvalue weighted by molar-refractivity contribution is 0.0779. The van der Waals surface area contributed by atoms with Gasteiger partial charge in [0.1, 0.15) is 0 Å². The summed E-state index contributed by atoms with van der Waals surface area (Å²) in [6, 6.07) is 9.36. The van der Waals surface area contributed by atoms with Gasteiger partial charge in [-0.25, -0.2) is 0 Å². The van der Waals surface area contributed by atoms with E-state index >= 15 is 0 Å². The first-order chi connectivity index (χ1) is 7.68. The van der Waals surface area contributed by atoms with Gasteiger partial charge in [0.15, 0.2) is 0 Å². The van der Waals surface area contributed by atoms with Crippen molar-refractivity contribution in [1.29, 1.82) is 0 Å². The molecule has 5 heteroatoms. The lowest BCUT2D eigenvalue weighted by atomic mass is 10.2. The molecule has 0 fully saturated rings. The van der Waals surface area contributed by atoms with Gasteiger partial charge in [-0.1, -0.05) is 35.5 Å². The van der Waals surface area contributed by atoms with Crippen LogP contribution < -0.4 is 0 Å². The van der Waals surface area contributed by atoms with Crippen LogP contribution in [0.2, 0.25) is 0 Å². The molecular formula is C11H11N3O2. The van der Waals surface area contributed by atoms with Gasteiger partial charge in [-0.2, -0.15) is 4.98 Å². The molecule has 0 saturated heterocycles. The molecule has 0 atom stereocenters. The van der Waals surface area contributed by atoms with Crippen molar-refractivity contribution in [2.24, 2.45) is 0 Å². The zero-order chi connectivity index (χ0) is 11.5. The predicted octanol–water partition coefficient (Wildman–Crippen LogP) is 1.44. The van der Waals surface area contributed by atoms with Crippen LogP contribution in [0.4, 0.5) is 0 Å². The molecule has 1 aromatic carbocycles. The monoisotopic (exact) mass is 217 g/mol. The molecule has 1 heterocycles. The van der Waals surface area contributed by atoms with Crippen LogP contribution >= 0.6 is 0 Å². The average molecular weight is 217 g/mol. The van der Waals surface area contributed by atoms with Crippen LogP contribution in [0.3, 0.4) is 0 Å². The number of benzene rings is 1. The van der Waals surface area contributed by atoms with E-state index in [0.29, 0.717) is 5.82 Å². The molecule has 0 bridgehead atoms. The number of hydrogen-bond donors (Lipinski definition) is 0. The fourth-order valence-electron chi connectivity index (χ4n) is 1.21. The van der Waals surface area contributed by atoms with Gasteiger partial charge in [-0.05, 0) is 0 Å². The third kappa shape index (κ3) is 1.93. The number of nitrogens with zero attached hydrogens (tertiary/aromatic N) is 3. The first-order valence-electron chi connectivity index (χ1n) is 4.79. The molecule has 0 saturated carbocycles. The van der Waals surface area contributed by atoms with Crippen LogP contribution in [-0.4, -0.2) is 35.0 Å². The summed E-state index contributed by atoms with van der Waals surface area (Å²) >= 11 is 0. The molecule has 2 aromatic rings. The maximum atomic E-state index is 11.5. The Balaban J connectivity index is 2.30. The highest BCUT2D eigenvalue weighted by Gasteiger charge is 2.17. The second-order valence-electron chi connectivity index (χ2n) is 3.49. The first-order valence-corrected chi connectivity index (χ1v) is 4.79. The Labute approximate surface area is 92.7 Å². The molecule has 0 aliphatic heterocycles. The Morgan fingerprint density at radius 3 is 2.56 bits per heavy atom. The average Bonchev–Trinajstić information content (AvgIpc) is 2.78. The quantitative estimate of drug-likeness (QED) is 0.763. The molecule has 0 N–H and O–H groups in total. The fourth-order valence-corrected chi connectivity index (χ4v) is 1.21. The third-order valence-corrected chi connectivity index (χ3v) is 2.05. The van der Waals surface area contributed by atoms with Gasteiger partial charge in [-0.15, -0.1) is 0 Å². The molecule has 0 aliphatic rings. The van der Waals surface area contributed by atoms with Gasteiger partial charge in [0.05, 0.1) is 0 Å². The van der Waals surface area contributed by atoms with Gasteiger partial charge in [0.25, 0.3) is 0 Å². The van der Waals surface area contributed by atoms with Crippen LogP contribution in [0.15, 0.2) is 34.9 Å². The minimum atomic E-state index is -0.297. The minimum Gasteiger partial charge on any atom is -0.341 e. The summed E-state index contributed by atoms with van der Waals surface area (Å²) in [5.74, 6) is 0.129. The lowest BCUT2D eigenvalue weighted by Crippen LogP contribution is -2.21. The van der Waals surface area contributed by atoms with Crippen LogP contribution in [0, 0.1) is 0 Å². The summed E-state index contributed by atoms with van der Waals surface area (Å²) < 4.78 is 4.89. The van der Waals surface area contributed by atoms with Crippen LogP contribution in [0.5, 0.6) is 0 Å². The van der Waals surface area contributed by atoms with E-state index in [1.165, 1.54) is 4.90 Å². The number of aromatic nitrogens is 2. The van der Waals surface area contributed by atoms with Gasteiger partial charge in [-0.3, -0.25) is 4.79 Å². The standard InChI is InChI=1S/C11H11N3O2/c1-14(2)11(15)10-12-9(13-16-10)8-6-4-3-5-7-8/h3-7H,1-2H3. The Morgan fingerprint density at radius 1 is 1.25 bits per heavy atom. The topological polar surface area (TPSA) is 59.2 Å². The SMILES string of the molecule is CN(C)C(=O)c1nc(-c2ccccc2)no1. The Hall–Kier alpha value is -2.17. The smallest absolute Gasteiger partial charge is 0.316 e. The van der Waals surface area contributed by atoms with Gasteiger partial charge in [0, 0.05) is 19.7 Å². The molecule has 1 amide bonds. The number of carbonyl (C=O) groups excluding carboxylic acids is 1. The predicted molar refractivity (Wildman–Crippen MR) is 57.8 cm³/mol. The highest BCUT2D eigenvalue weighted by atomic mass is 16.5. The number of carbonyl (C=O) groups is 1. The largest absolute Gasteiger partial charge is 0.341 e. The summed E-state index contributed by atoms with van der Waals surface area (Å²) in [6.45, 7) is 0. The molecule has 82 valence electrons. The second kappa shape index (κ2) is 4.14. The molecule has 0 unspecified atom stereocenters. The van der Waals surface area contributed by atoms with E-state index in [0.717, 1.165) is 5.56 Å². The van der Waals surface area contributed by atoms with E-state index in [1.54, 1.807) is 14.1 Å². The summed E-state index contributed by atoms with van der Waals surface area (Å²) in [7, 11) is 3.27. The fraction of sp³-hybridized carbons (Fsp3) is 0.182. The molecule has 0 aliphatic carbocycles. The summed E-state index contributed by atoms with van der Waals surface area (Å²) in [4.78, 5) is 16.9. The van der Waals surface area contributed by atoms with Gasteiger partial charge in [0.2, 0.25) is 5.82 Å². The van der Waals surface area contributed by atoms with Crippen molar-refractivity contribution in [2.45, 2.75) is 0 Å². The Kier molecular flexibility index (Phi) is 2.68. The molecule has 2 rings (SSSR count). The van der Waals surface area contributed by atoms with Crippen molar-refractivity contribution in [2.75, 3.05) is 14.1 Å². The van der Waals surface area contributed by atoms with Crippen molar-refractivity contribution >= 4 is 5.91 Å². The van der Waals surface area contributed by atoms with Crippen LogP contribution in [-0.2, 0) is 0 Å². The van der Waals surface area contributed by atoms with Crippen molar-refractivity contribution < 1.29 is 9.32 Å². The maximum absolute atomic E-state index is 11.5. The van der Waals surface area contributed by atoms with E-state index in [1.807, 2.05) is 30.3 Å². The second-order valence-corrected chi connectivity index (χ2v) is 3.49. The summed E-state index contributed by atoms with van der Waals surface area (Å²) in [6.07, 6.45) is 0. The number of amides is 1. The van der Waals surface area contributed by atoms with Crippen LogP contribution in [0.1, 0.15) is 10.7 Å². The van der Waals surface area contributed by atoms with E-state index in [9.17, 15) is 4.79 Å². The molecule has 16 heavy (non-hydrogen) atoms. The number of hydrogen-bond acceptors (Lipinski definition) is 4. The molecule has 5 nitrogen and oxygen atoms in total. The summed E-state index contributed by atoms with van der Waals surface area (Å²) in [5, 5.41) is 3.76. The third-order valence-electron chi connectivity index (χ3n) is 2.05. The molecule has 0 spiro atoms. The van der Waals surface area contributed by atoms with Crippen molar-refractivity contribution in [3.8, 4) is 11.4 Å². The van der Waals surface area contributed by atoms with Crippen molar-refractivity contribution in [1.82, 2.24) is 15.0 Å². The number of rotatable bonds is 2. The normalized spacial score (nSPS) is 10.1. The maximum Gasteiger partial charge on any atom is 0.316 e. The van der Waals surface area contributed by atoms with E-state index in [2.05, 4.69) is 10.1 Å². The minimum absolute atomic E-state index is 0.00357. The first kappa shape index (κ1) is 10.4. The van der Waals surface area contributed by atoms with E-state index < -0.39 is 0 Å². The van der Waals surface area contributed by atoms with Crippen LogP contribution in [0.25, 0.3) is 11.4 Å².